The number of rotatable bonds is 5. The first kappa shape index (κ1) is 18.7. The third-order valence-electron chi connectivity index (χ3n) is 4.77. The van der Waals surface area contributed by atoms with Gasteiger partial charge in [0.1, 0.15) is 5.82 Å². The maximum Gasteiger partial charge on any atom is 0.338 e. The lowest BCUT2D eigenvalue weighted by Gasteiger charge is -2.08. The molecule has 146 valence electrons. The lowest BCUT2D eigenvalue weighted by Crippen LogP contribution is -2.21. The van der Waals surface area contributed by atoms with Gasteiger partial charge in [-0.2, -0.15) is 0 Å². The van der Waals surface area contributed by atoms with Crippen molar-refractivity contribution in [2.75, 3.05) is 11.9 Å². The van der Waals surface area contributed by atoms with E-state index in [-0.39, 0.29) is 5.56 Å². The number of aryl methyl sites for hydroxylation is 1. The summed E-state index contributed by atoms with van der Waals surface area (Å²) in [4.78, 5) is 24.1. The molecule has 6 heteroatoms. The van der Waals surface area contributed by atoms with E-state index in [1.807, 2.05) is 30.3 Å². The van der Waals surface area contributed by atoms with Crippen molar-refractivity contribution in [3.8, 4) is 0 Å². The molecule has 3 aromatic carbocycles. The molecule has 4 rings (SSSR count). The zero-order valence-electron chi connectivity index (χ0n) is 15.8. The molecule has 0 aliphatic heterocycles. The molecule has 0 saturated heterocycles. The fourth-order valence-corrected chi connectivity index (χ4v) is 3.50. The Hall–Kier alpha value is -3.67. The van der Waals surface area contributed by atoms with Gasteiger partial charge in [0.2, 0.25) is 0 Å². The summed E-state index contributed by atoms with van der Waals surface area (Å²) in [6, 6.07) is 18.9. The molecule has 1 heterocycles. The maximum atomic E-state index is 13.2. The summed E-state index contributed by atoms with van der Waals surface area (Å²) in [6.07, 6.45) is 0. The Labute approximate surface area is 166 Å². The number of para-hydroxylation sites is 1. The first-order valence-electron chi connectivity index (χ1n) is 9.30. The molecule has 29 heavy (non-hydrogen) atoms. The quantitative estimate of drug-likeness (QED) is 0.500. The van der Waals surface area contributed by atoms with E-state index in [1.165, 1.54) is 18.2 Å². The molecule has 0 spiro atoms. The zero-order valence-corrected chi connectivity index (χ0v) is 15.8. The molecule has 0 aliphatic rings. The smallest absolute Gasteiger partial charge is 0.338 e. The van der Waals surface area contributed by atoms with E-state index < -0.39 is 24.3 Å². The summed E-state index contributed by atoms with van der Waals surface area (Å²) in [5.74, 6) is -1.75. The van der Waals surface area contributed by atoms with Gasteiger partial charge in [0.15, 0.2) is 6.61 Å². The number of hydrogen-bond donors (Lipinski definition) is 1. The number of benzene rings is 3. The number of carbonyl (C=O) groups excluding carboxylic acids is 2. The molecule has 5 nitrogen and oxygen atoms in total. The summed E-state index contributed by atoms with van der Waals surface area (Å²) in [7, 11) is 0. The second-order valence-corrected chi connectivity index (χ2v) is 6.63. The monoisotopic (exact) mass is 390 g/mol. The predicted octanol–water partition coefficient (Wildman–Crippen LogP) is 4.75. The number of ether oxygens (including phenoxy) is 1. The number of nitrogens with zero attached hydrogens (tertiary/aromatic N) is 1. The highest BCUT2D eigenvalue weighted by Gasteiger charge is 2.13. The third kappa shape index (κ3) is 3.69. The van der Waals surface area contributed by atoms with Crippen LogP contribution in [0.25, 0.3) is 21.8 Å². The van der Waals surface area contributed by atoms with Crippen LogP contribution in [0, 0.1) is 5.82 Å². The fourth-order valence-electron chi connectivity index (χ4n) is 3.50. The number of fused-ring (bicyclic) bond motifs is 3. The second-order valence-electron chi connectivity index (χ2n) is 6.63. The average molecular weight is 390 g/mol. The molecule has 0 bridgehead atoms. The van der Waals surface area contributed by atoms with E-state index in [9.17, 15) is 14.0 Å². The van der Waals surface area contributed by atoms with Crippen molar-refractivity contribution in [3.63, 3.8) is 0 Å². The highest BCUT2D eigenvalue weighted by molar-refractivity contribution is 6.10. The number of amides is 1. The zero-order chi connectivity index (χ0) is 20.4. The van der Waals surface area contributed by atoms with Gasteiger partial charge in [0.25, 0.3) is 5.91 Å². The van der Waals surface area contributed by atoms with Crippen LogP contribution in [0.5, 0.6) is 0 Å². The van der Waals surface area contributed by atoms with Gasteiger partial charge in [0.05, 0.1) is 5.56 Å². The normalized spacial score (nSPS) is 11.0. The van der Waals surface area contributed by atoms with Gasteiger partial charge in [-0.25, -0.2) is 9.18 Å². The van der Waals surface area contributed by atoms with Crippen LogP contribution < -0.4 is 5.32 Å². The molecule has 0 fully saturated rings. The Morgan fingerprint density at radius 1 is 0.966 bits per heavy atom. The molecule has 1 aromatic heterocycles. The number of halogens is 1. The Morgan fingerprint density at radius 3 is 2.55 bits per heavy atom. The van der Waals surface area contributed by atoms with Crippen molar-refractivity contribution in [2.45, 2.75) is 13.5 Å². The van der Waals surface area contributed by atoms with Crippen LogP contribution >= 0.6 is 0 Å². The lowest BCUT2D eigenvalue weighted by molar-refractivity contribution is -0.119. The second kappa shape index (κ2) is 7.75. The van der Waals surface area contributed by atoms with Crippen LogP contribution in [0.4, 0.5) is 10.1 Å². The summed E-state index contributed by atoms with van der Waals surface area (Å²) < 4.78 is 20.4. The Bertz CT molecular complexity index is 1230. The van der Waals surface area contributed by atoms with Crippen molar-refractivity contribution in [1.29, 1.82) is 0 Å². The number of nitrogens with one attached hydrogen (secondary N) is 1. The van der Waals surface area contributed by atoms with Crippen molar-refractivity contribution >= 4 is 39.4 Å². The number of aromatic nitrogens is 1. The summed E-state index contributed by atoms with van der Waals surface area (Å²) in [6.45, 7) is 2.48. The number of carbonyl (C=O) groups is 2. The number of anilines is 1. The Morgan fingerprint density at radius 2 is 1.76 bits per heavy atom. The first-order valence-corrected chi connectivity index (χ1v) is 9.30. The number of hydrogen-bond acceptors (Lipinski definition) is 3. The van der Waals surface area contributed by atoms with E-state index in [4.69, 9.17) is 4.74 Å². The van der Waals surface area contributed by atoms with E-state index in [0.29, 0.717) is 5.69 Å². The summed E-state index contributed by atoms with van der Waals surface area (Å²) >= 11 is 0. The van der Waals surface area contributed by atoms with Gasteiger partial charge < -0.3 is 14.6 Å². The van der Waals surface area contributed by atoms with Crippen molar-refractivity contribution in [1.82, 2.24) is 4.57 Å². The van der Waals surface area contributed by atoms with E-state index in [1.54, 1.807) is 0 Å². The van der Waals surface area contributed by atoms with Crippen molar-refractivity contribution < 1.29 is 18.7 Å². The lowest BCUT2D eigenvalue weighted by atomic mass is 10.1. The van der Waals surface area contributed by atoms with Gasteiger partial charge in [-0.05, 0) is 49.4 Å². The Kier molecular flexibility index (Phi) is 4.99. The maximum absolute atomic E-state index is 13.2. The molecular formula is C23H19FN2O3. The van der Waals surface area contributed by atoms with E-state index >= 15 is 0 Å². The van der Waals surface area contributed by atoms with Crippen LogP contribution in [-0.4, -0.2) is 23.1 Å². The molecule has 1 N–H and O–H groups in total. The van der Waals surface area contributed by atoms with Crippen LogP contribution in [0.15, 0.2) is 66.7 Å². The topological polar surface area (TPSA) is 60.3 Å². The third-order valence-corrected chi connectivity index (χ3v) is 4.77. The molecule has 1 amide bonds. The van der Waals surface area contributed by atoms with Gasteiger partial charge in [0, 0.05) is 34.0 Å². The van der Waals surface area contributed by atoms with Crippen molar-refractivity contribution in [3.05, 3.63) is 78.1 Å². The fraction of sp³-hybridized carbons (Fsp3) is 0.130. The molecule has 4 aromatic rings. The summed E-state index contributed by atoms with van der Waals surface area (Å²) in [5, 5.41) is 4.89. The van der Waals surface area contributed by atoms with Gasteiger partial charge >= 0.3 is 5.97 Å². The van der Waals surface area contributed by atoms with Crippen LogP contribution in [0.2, 0.25) is 0 Å². The predicted molar refractivity (Wildman–Crippen MR) is 110 cm³/mol. The number of esters is 1. The van der Waals surface area contributed by atoms with Crippen LogP contribution in [0.3, 0.4) is 0 Å². The first-order chi connectivity index (χ1) is 14.1. The molecule has 0 atom stereocenters. The van der Waals surface area contributed by atoms with Crippen molar-refractivity contribution in [2.24, 2.45) is 0 Å². The van der Waals surface area contributed by atoms with Crippen LogP contribution in [-0.2, 0) is 16.1 Å². The molecule has 0 saturated carbocycles. The minimum Gasteiger partial charge on any atom is -0.452 e. The van der Waals surface area contributed by atoms with Gasteiger partial charge in [-0.3, -0.25) is 4.79 Å². The highest BCUT2D eigenvalue weighted by atomic mass is 19.1. The minimum atomic E-state index is -0.749. The molecular weight excluding hydrogens is 371 g/mol. The molecule has 0 aliphatic carbocycles. The van der Waals surface area contributed by atoms with Crippen LogP contribution in [0.1, 0.15) is 17.3 Å². The summed E-state index contributed by atoms with van der Waals surface area (Å²) in [5.41, 5.74) is 2.90. The Balaban J connectivity index is 1.50. The minimum absolute atomic E-state index is 0.0617. The van der Waals surface area contributed by atoms with E-state index in [0.717, 1.165) is 34.4 Å². The van der Waals surface area contributed by atoms with Gasteiger partial charge in [-0.1, -0.05) is 24.3 Å². The average Bonchev–Trinajstić information content (AvgIpc) is 3.05. The van der Waals surface area contributed by atoms with E-state index in [2.05, 4.69) is 28.9 Å². The highest BCUT2D eigenvalue weighted by Crippen LogP contribution is 2.30. The largest absolute Gasteiger partial charge is 0.452 e. The molecule has 0 radical (unpaired) electrons. The van der Waals surface area contributed by atoms with Gasteiger partial charge in [-0.15, -0.1) is 0 Å². The molecule has 0 unspecified atom stereocenters. The SMILES string of the molecule is CCn1c2ccccc2c2cc(NC(=O)COC(=O)c3cccc(F)c3)ccc21. The standard InChI is InChI=1S/C23H19FN2O3/c1-2-26-20-9-4-3-8-18(20)19-13-17(10-11-21(19)26)25-22(27)14-29-23(28)15-6-5-7-16(24)12-15/h3-13H,2,14H2,1H3,(H,25,27).